The van der Waals surface area contributed by atoms with Crippen LogP contribution in [0.4, 0.5) is 23.0 Å². The van der Waals surface area contributed by atoms with Gasteiger partial charge in [-0.3, -0.25) is 19.4 Å². The normalized spacial score (nSPS) is 25.9. The maximum Gasteiger partial charge on any atom is 0.243 e. The number of nitrogens with one attached hydrogen (secondary N) is 1. The number of phenols is 1. The zero-order valence-electron chi connectivity index (χ0n) is 48.8. The number of fused-ring (bicyclic) bond motifs is 2. The highest BCUT2D eigenvalue weighted by molar-refractivity contribution is 7.13. The van der Waals surface area contributed by atoms with Crippen molar-refractivity contribution in [2.24, 2.45) is 17.8 Å². The zero-order valence-corrected chi connectivity index (χ0v) is 49.6. The molecule has 83 heavy (non-hydrogen) atoms. The molecule has 2 bridgehead atoms. The molecule has 5 aliphatic heterocycles. The summed E-state index contributed by atoms with van der Waals surface area (Å²) in [7, 11) is 0. The molecule has 9 heterocycles. The first-order chi connectivity index (χ1) is 40.1. The molecule has 6 aliphatic rings. The fourth-order valence-electron chi connectivity index (χ4n) is 14.2. The van der Waals surface area contributed by atoms with Crippen molar-refractivity contribution in [3.63, 3.8) is 0 Å². The number of aromatic hydroxyl groups is 1. The number of nitrogens with zero attached hydrogens (tertiary/aromatic N) is 11. The summed E-state index contributed by atoms with van der Waals surface area (Å²) in [5, 5.41) is 37.6. The lowest BCUT2D eigenvalue weighted by molar-refractivity contribution is -0.141. The molecule has 1 aliphatic carbocycles. The molecule has 8 atom stereocenters. The molecule has 20 heteroatoms. The number of aliphatic hydroxyl groups is 1. The number of benzene rings is 2. The van der Waals surface area contributed by atoms with Gasteiger partial charge in [-0.1, -0.05) is 55.4 Å². The Balaban J connectivity index is 0.581. The first-order valence-electron chi connectivity index (χ1n) is 30.2. The van der Waals surface area contributed by atoms with Crippen molar-refractivity contribution in [3.05, 3.63) is 102 Å². The quantitative estimate of drug-likeness (QED) is 0.0677. The summed E-state index contributed by atoms with van der Waals surface area (Å²) < 4.78 is 12.6. The van der Waals surface area contributed by atoms with E-state index in [1.54, 1.807) is 28.4 Å². The van der Waals surface area contributed by atoms with Gasteiger partial charge < -0.3 is 50.1 Å². The number of likely N-dealkylation sites (tertiary alicyclic amines) is 1. The van der Waals surface area contributed by atoms with Crippen LogP contribution >= 0.6 is 11.3 Å². The van der Waals surface area contributed by atoms with Gasteiger partial charge in [-0.25, -0.2) is 9.97 Å². The molecular formula is C63H81N13O6S. The molecule has 2 amide bonds. The van der Waals surface area contributed by atoms with Gasteiger partial charge in [0.15, 0.2) is 17.4 Å². The van der Waals surface area contributed by atoms with E-state index < -0.39 is 18.1 Å². The predicted octanol–water partition coefficient (Wildman–Crippen LogP) is 8.15. The number of carbonyl (C=O) groups excluding carboxylic acids is 2. The summed E-state index contributed by atoms with van der Waals surface area (Å²) in [5.41, 5.74) is 14.5. The van der Waals surface area contributed by atoms with Crippen LogP contribution in [-0.4, -0.2) is 163 Å². The van der Waals surface area contributed by atoms with Crippen molar-refractivity contribution in [1.82, 2.24) is 45.3 Å². The highest BCUT2D eigenvalue weighted by Gasteiger charge is 2.45. The van der Waals surface area contributed by atoms with Gasteiger partial charge in [-0.15, -0.1) is 21.5 Å². The zero-order chi connectivity index (χ0) is 57.6. The highest BCUT2D eigenvalue weighted by Crippen LogP contribution is 2.42. The van der Waals surface area contributed by atoms with E-state index in [9.17, 15) is 19.8 Å². The summed E-state index contributed by atoms with van der Waals surface area (Å²) in [6.45, 7) is 20.4. The van der Waals surface area contributed by atoms with Gasteiger partial charge in [0.1, 0.15) is 23.8 Å². The summed E-state index contributed by atoms with van der Waals surface area (Å²) in [6, 6.07) is 23.8. The number of nitrogens with two attached hydrogens (primary N) is 1. The number of hydrogen-bond acceptors (Lipinski definition) is 18. The molecular weight excluding hydrogens is 1070 g/mol. The number of aliphatic hydroxyl groups excluding tert-OH is 1. The van der Waals surface area contributed by atoms with Crippen LogP contribution in [0.25, 0.3) is 21.7 Å². The molecule has 6 fully saturated rings. The van der Waals surface area contributed by atoms with Crippen LogP contribution in [0.15, 0.2) is 89.0 Å². The number of rotatable bonds is 17. The van der Waals surface area contributed by atoms with E-state index >= 15 is 0 Å². The van der Waals surface area contributed by atoms with Gasteiger partial charge in [-0.2, -0.15) is 0 Å². The minimum atomic E-state index is -0.802. The predicted molar refractivity (Wildman–Crippen MR) is 322 cm³/mol. The number of anilines is 4. The van der Waals surface area contributed by atoms with E-state index in [2.05, 4.69) is 81.1 Å². The lowest BCUT2D eigenvalue weighted by atomic mass is 9.81. The van der Waals surface area contributed by atoms with Crippen molar-refractivity contribution in [3.8, 4) is 33.3 Å². The first kappa shape index (κ1) is 56.6. The Morgan fingerprint density at radius 1 is 0.831 bits per heavy atom. The Morgan fingerprint density at radius 3 is 2.23 bits per heavy atom. The largest absolute Gasteiger partial charge is 0.507 e. The van der Waals surface area contributed by atoms with Crippen molar-refractivity contribution in [2.45, 2.75) is 141 Å². The molecule has 440 valence electrons. The lowest BCUT2D eigenvalue weighted by Crippen LogP contribution is -2.59. The summed E-state index contributed by atoms with van der Waals surface area (Å²) in [5.74, 6) is 2.38. The number of aryl methyl sites for hydroxylation is 1. The third-order valence-electron chi connectivity index (χ3n) is 19.1. The molecule has 4 unspecified atom stereocenters. The van der Waals surface area contributed by atoms with Gasteiger partial charge in [0, 0.05) is 119 Å². The number of aromatic nitrogens is 5. The Morgan fingerprint density at radius 2 is 1.54 bits per heavy atom. The van der Waals surface area contributed by atoms with Gasteiger partial charge >= 0.3 is 0 Å². The fraction of sp³-hybridized carbons (Fsp3) is 0.540. The number of β-amino-alcohol motifs (C(OH)–C–C–N with tert-alkyl or cyclic N) is 1. The van der Waals surface area contributed by atoms with E-state index in [1.807, 2.05) is 87.9 Å². The summed E-state index contributed by atoms with van der Waals surface area (Å²) in [4.78, 5) is 52.6. The molecule has 6 aromatic rings. The molecule has 2 aromatic carbocycles. The third-order valence-corrected chi connectivity index (χ3v) is 20.1. The monoisotopic (exact) mass is 1150 g/mol. The van der Waals surface area contributed by atoms with Gasteiger partial charge in [0.05, 0.1) is 39.6 Å². The molecule has 12 rings (SSSR count). The standard InChI is InChI=1S/C63H81N13O6S/c1-37(2)59(63(80)75-35-49(77)28-54(75)62(79)67-38(3)44-11-13-45(14-12-44)60-39(4)66-36-83-60)56-30-57(70-82-56)71-21-18-42(19-22-71)31-72-23-24-73(41(6)40(72)5)32-43-25-50(26-43)81-58-27-46(17-20-65-58)76-47-15-16-48(76)34-74(33-47)53-29-52(68-69-61(53)64)51-9-7-8-10-55(51)78/h7-14,17,20,27,29-30,36-38,40-43,47-50,54,59,77-78H,15-16,18-19,21-26,28,31-35H2,1-6H3,(H2,64,69)(H,67,79)/t38-,40?,41?,43-,47?,48?,49+,50-,54-,59+/m0/s1. The Bertz CT molecular complexity index is 3220. The smallest absolute Gasteiger partial charge is 0.243 e. The van der Waals surface area contributed by atoms with E-state index in [1.165, 1.54) is 0 Å². The van der Waals surface area contributed by atoms with E-state index in [0.717, 1.165) is 130 Å². The van der Waals surface area contributed by atoms with Crippen LogP contribution in [0.5, 0.6) is 11.6 Å². The molecule has 0 radical (unpaired) electrons. The average Bonchev–Trinajstić information content (AvgIpc) is 4.46. The number of para-hydroxylation sites is 1. The third kappa shape index (κ3) is 11.9. The van der Waals surface area contributed by atoms with Crippen LogP contribution in [0, 0.1) is 24.7 Å². The van der Waals surface area contributed by atoms with Crippen LogP contribution in [-0.2, 0) is 9.59 Å². The number of phenolic OH excluding ortho intramolecular Hbond substituents is 1. The Kier molecular flexibility index (Phi) is 16.4. The van der Waals surface area contributed by atoms with Crippen molar-refractivity contribution in [2.75, 3.05) is 79.3 Å². The van der Waals surface area contributed by atoms with Crippen LogP contribution in [0.3, 0.4) is 0 Å². The molecule has 1 saturated carbocycles. The number of piperazine rings is 2. The molecule has 5 saturated heterocycles. The van der Waals surface area contributed by atoms with Gasteiger partial charge in [-0.05, 0) is 119 Å². The van der Waals surface area contributed by atoms with Crippen LogP contribution in [0.1, 0.15) is 109 Å². The van der Waals surface area contributed by atoms with E-state index in [0.29, 0.717) is 64.7 Å². The number of nitrogen functional groups attached to an aromatic ring is 1. The number of hydrogen-bond donors (Lipinski definition) is 4. The number of thiazole rings is 1. The minimum absolute atomic E-state index is 0.0862. The number of ether oxygens (including phenoxy) is 1. The topological polar surface area (TPSA) is 219 Å². The number of piperidine rings is 1. The fourth-order valence-corrected chi connectivity index (χ4v) is 15.0. The molecule has 0 spiro atoms. The van der Waals surface area contributed by atoms with Crippen molar-refractivity contribution < 1.29 is 29.1 Å². The second kappa shape index (κ2) is 24.0. The minimum Gasteiger partial charge on any atom is -0.507 e. The second-order valence-electron chi connectivity index (χ2n) is 24.9. The van der Waals surface area contributed by atoms with Crippen molar-refractivity contribution in [1.29, 1.82) is 0 Å². The van der Waals surface area contributed by atoms with Gasteiger partial charge in [0.2, 0.25) is 17.7 Å². The highest BCUT2D eigenvalue weighted by atomic mass is 32.1. The summed E-state index contributed by atoms with van der Waals surface area (Å²) in [6.07, 6.45) is 7.78. The van der Waals surface area contributed by atoms with E-state index in [-0.39, 0.29) is 48.6 Å². The SMILES string of the molecule is Cc1ncsc1-c1ccc([C@H](C)NC(=O)[C@@H]2C[C@@H](O)CN2C(=O)[C@@H](c2cc(N3CCC(CN4CCN(C[C@H]5C[C@H](Oc6cc(N7C8CCC7CN(c7cc(-c9ccccc9O)nnc7N)C8)ccn6)C5)C(C)C4C)CC3)no2)C(C)C)cc1. The summed E-state index contributed by atoms with van der Waals surface area (Å²) >= 11 is 1.60. The second-order valence-corrected chi connectivity index (χ2v) is 25.7. The lowest BCUT2D eigenvalue weighted by Gasteiger charge is -2.49. The molecule has 19 nitrogen and oxygen atoms in total. The van der Waals surface area contributed by atoms with Crippen LogP contribution in [0.2, 0.25) is 0 Å². The number of carbonyl (C=O) groups is 2. The first-order valence-corrected chi connectivity index (χ1v) is 31.1. The molecule has 5 N–H and O–H groups in total. The number of pyridine rings is 1. The van der Waals surface area contributed by atoms with Crippen LogP contribution < -0.4 is 30.5 Å². The van der Waals surface area contributed by atoms with E-state index in [4.69, 9.17) is 15.0 Å². The Labute approximate surface area is 491 Å². The van der Waals surface area contributed by atoms with Crippen molar-refractivity contribution >= 4 is 46.2 Å². The van der Waals surface area contributed by atoms with Gasteiger partial charge in [0.25, 0.3) is 0 Å². The average molecular weight is 1150 g/mol. The maximum atomic E-state index is 14.5. The Hall–Kier alpha value is -6.87. The maximum absolute atomic E-state index is 14.5. The molecule has 4 aromatic heterocycles. The number of amides is 2.